The van der Waals surface area contributed by atoms with E-state index >= 15 is 0 Å². The molecule has 0 bridgehead atoms. The average Bonchev–Trinajstić information content (AvgIpc) is 3.10. The van der Waals surface area contributed by atoms with Crippen molar-refractivity contribution in [2.75, 3.05) is 20.1 Å². The molecule has 2 aromatic rings. The van der Waals surface area contributed by atoms with Crippen molar-refractivity contribution in [3.63, 3.8) is 0 Å². The fourth-order valence-electron chi connectivity index (χ4n) is 3.49. The normalized spacial score (nSPS) is 15.9. The number of likely N-dealkylation sites (tertiary alicyclic amines) is 1. The molecule has 0 amide bonds. The molecular weight excluding hydrogens is 463 g/mol. The van der Waals surface area contributed by atoms with Gasteiger partial charge in [-0.3, -0.25) is 14.6 Å². The fraction of sp³-hybridized carbons (Fsp3) is 0.524. The van der Waals surface area contributed by atoms with Gasteiger partial charge in [0.25, 0.3) is 0 Å². The van der Waals surface area contributed by atoms with E-state index in [2.05, 4.69) is 56.8 Å². The molecule has 2 N–H and O–H groups in total. The average molecular weight is 496 g/mol. The molecule has 0 spiro atoms. The zero-order valence-electron chi connectivity index (χ0n) is 17.2. The van der Waals surface area contributed by atoms with E-state index < -0.39 is 0 Å². The summed E-state index contributed by atoms with van der Waals surface area (Å²) in [4.78, 5) is 6.92. The second-order valence-electron chi connectivity index (χ2n) is 7.45. The van der Waals surface area contributed by atoms with E-state index in [1.165, 1.54) is 37.1 Å². The Hall–Kier alpha value is -1.61. The monoisotopic (exact) mass is 496 g/mol. The number of rotatable bonds is 6. The number of halogens is 1. The molecule has 7 heteroatoms. The molecule has 154 valence electrons. The van der Waals surface area contributed by atoms with Gasteiger partial charge in [-0.1, -0.05) is 31.2 Å². The summed E-state index contributed by atoms with van der Waals surface area (Å²) >= 11 is 0. The van der Waals surface area contributed by atoms with Crippen molar-refractivity contribution >= 4 is 29.9 Å². The van der Waals surface area contributed by atoms with Gasteiger partial charge < -0.3 is 10.6 Å². The van der Waals surface area contributed by atoms with Crippen LogP contribution in [0.3, 0.4) is 0 Å². The lowest BCUT2D eigenvalue weighted by molar-refractivity contribution is 0.185. The molecule has 28 heavy (non-hydrogen) atoms. The Labute approximate surface area is 185 Å². The quantitative estimate of drug-likeness (QED) is 0.367. The number of benzene rings is 1. The Kier molecular flexibility index (Phi) is 9.24. The Balaban J connectivity index is 0.00000280. The molecule has 2 heterocycles. The minimum atomic E-state index is 0. The van der Waals surface area contributed by atoms with Crippen LogP contribution in [0.5, 0.6) is 0 Å². The predicted octanol–water partition coefficient (Wildman–Crippen LogP) is 3.14. The third-order valence-corrected chi connectivity index (χ3v) is 5.42. The highest BCUT2D eigenvalue weighted by Crippen LogP contribution is 2.19. The van der Waals surface area contributed by atoms with Crippen molar-refractivity contribution in [1.82, 2.24) is 25.3 Å². The highest BCUT2D eigenvalue weighted by molar-refractivity contribution is 14.0. The van der Waals surface area contributed by atoms with Gasteiger partial charge in [0.2, 0.25) is 0 Å². The Bertz CT molecular complexity index is 749. The van der Waals surface area contributed by atoms with Gasteiger partial charge in [-0.15, -0.1) is 24.0 Å². The molecule has 0 radical (unpaired) electrons. The van der Waals surface area contributed by atoms with Gasteiger partial charge in [0.05, 0.1) is 12.2 Å². The number of piperidine rings is 1. The molecule has 0 unspecified atom stereocenters. The molecule has 1 aliphatic heterocycles. The van der Waals surface area contributed by atoms with E-state index in [1.807, 2.05) is 24.0 Å². The molecule has 6 nitrogen and oxygen atoms in total. The number of hydrogen-bond donors (Lipinski definition) is 2. The first-order chi connectivity index (χ1) is 13.2. The van der Waals surface area contributed by atoms with E-state index in [1.54, 1.807) is 7.05 Å². The molecule has 1 aromatic carbocycles. The zero-order chi connectivity index (χ0) is 19.1. The third-order valence-electron chi connectivity index (χ3n) is 5.42. The van der Waals surface area contributed by atoms with Gasteiger partial charge in [-0.2, -0.15) is 5.10 Å². The SMILES string of the molecule is CN=C(NCc1ccccc1CN1CCC(C)CC1)NCc1ccnn1C.I. The van der Waals surface area contributed by atoms with Crippen LogP contribution in [0.2, 0.25) is 0 Å². The van der Waals surface area contributed by atoms with Crippen LogP contribution in [-0.2, 0) is 26.7 Å². The van der Waals surface area contributed by atoms with Crippen LogP contribution in [0, 0.1) is 5.92 Å². The molecule has 0 aliphatic carbocycles. The lowest BCUT2D eigenvalue weighted by Gasteiger charge is -2.30. The second kappa shape index (κ2) is 11.4. The Morgan fingerprint density at radius 2 is 1.79 bits per heavy atom. The van der Waals surface area contributed by atoms with Crippen LogP contribution in [0.15, 0.2) is 41.5 Å². The molecular formula is C21H33IN6. The molecule has 1 saturated heterocycles. The van der Waals surface area contributed by atoms with Crippen LogP contribution >= 0.6 is 24.0 Å². The smallest absolute Gasteiger partial charge is 0.191 e. The summed E-state index contributed by atoms with van der Waals surface area (Å²) in [6, 6.07) is 10.7. The maximum absolute atomic E-state index is 4.34. The number of aromatic nitrogens is 2. The van der Waals surface area contributed by atoms with Gasteiger partial charge in [0.1, 0.15) is 0 Å². The standard InChI is InChI=1S/C21H32N6.HI/c1-17-9-12-27(13-10-17)16-19-7-5-4-6-18(19)14-23-21(22-2)24-15-20-8-11-25-26(20)3;/h4-8,11,17H,9-10,12-16H2,1-3H3,(H2,22,23,24);1H. The minimum Gasteiger partial charge on any atom is -0.352 e. The summed E-state index contributed by atoms with van der Waals surface area (Å²) in [7, 11) is 3.75. The maximum atomic E-state index is 4.34. The Morgan fingerprint density at radius 1 is 1.11 bits per heavy atom. The summed E-state index contributed by atoms with van der Waals surface area (Å²) in [6.07, 6.45) is 4.43. The Morgan fingerprint density at radius 3 is 2.43 bits per heavy atom. The summed E-state index contributed by atoms with van der Waals surface area (Å²) in [6.45, 7) is 7.27. The van der Waals surface area contributed by atoms with E-state index in [4.69, 9.17) is 0 Å². The second-order valence-corrected chi connectivity index (χ2v) is 7.45. The van der Waals surface area contributed by atoms with Crippen LogP contribution in [0.25, 0.3) is 0 Å². The molecule has 1 fully saturated rings. The van der Waals surface area contributed by atoms with Crippen molar-refractivity contribution < 1.29 is 0 Å². The van der Waals surface area contributed by atoms with E-state index in [0.717, 1.165) is 30.7 Å². The van der Waals surface area contributed by atoms with Crippen molar-refractivity contribution in [2.45, 2.75) is 39.4 Å². The number of aryl methyl sites for hydroxylation is 1. The van der Waals surface area contributed by atoms with Gasteiger partial charge in [0.15, 0.2) is 5.96 Å². The number of aliphatic imine (C=N–C) groups is 1. The zero-order valence-corrected chi connectivity index (χ0v) is 19.5. The molecule has 1 aromatic heterocycles. The van der Waals surface area contributed by atoms with Crippen molar-refractivity contribution in [1.29, 1.82) is 0 Å². The number of guanidine groups is 1. The maximum Gasteiger partial charge on any atom is 0.191 e. The summed E-state index contributed by atoms with van der Waals surface area (Å²) in [5.41, 5.74) is 3.86. The molecule has 3 rings (SSSR count). The summed E-state index contributed by atoms with van der Waals surface area (Å²) in [5.74, 6) is 1.67. The number of hydrogen-bond acceptors (Lipinski definition) is 3. The first-order valence-electron chi connectivity index (χ1n) is 9.86. The van der Waals surface area contributed by atoms with E-state index in [-0.39, 0.29) is 24.0 Å². The highest BCUT2D eigenvalue weighted by atomic mass is 127. The first-order valence-corrected chi connectivity index (χ1v) is 9.86. The first kappa shape index (κ1) is 22.7. The van der Waals surface area contributed by atoms with E-state index in [0.29, 0.717) is 6.54 Å². The summed E-state index contributed by atoms with van der Waals surface area (Å²) < 4.78 is 1.87. The lowest BCUT2D eigenvalue weighted by atomic mass is 9.98. The predicted molar refractivity (Wildman–Crippen MR) is 126 cm³/mol. The largest absolute Gasteiger partial charge is 0.352 e. The molecule has 0 saturated carbocycles. The minimum absolute atomic E-state index is 0. The van der Waals surface area contributed by atoms with E-state index in [9.17, 15) is 0 Å². The van der Waals surface area contributed by atoms with Crippen LogP contribution < -0.4 is 10.6 Å². The molecule has 0 atom stereocenters. The summed E-state index contributed by atoms with van der Waals surface area (Å²) in [5, 5.41) is 11.0. The van der Waals surface area contributed by atoms with Gasteiger partial charge in [0, 0.05) is 33.4 Å². The topological polar surface area (TPSA) is 57.5 Å². The van der Waals surface area contributed by atoms with Crippen LogP contribution in [0.1, 0.15) is 36.6 Å². The van der Waals surface area contributed by atoms with Gasteiger partial charge in [-0.05, 0) is 49.0 Å². The molecule has 1 aliphatic rings. The van der Waals surface area contributed by atoms with Gasteiger partial charge >= 0.3 is 0 Å². The van der Waals surface area contributed by atoms with Crippen LogP contribution in [-0.4, -0.2) is 40.8 Å². The van der Waals surface area contributed by atoms with Crippen molar-refractivity contribution in [2.24, 2.45) is 18.0 Å². The number of nitrogens with zero attached hydrogens (tertiary/aromatic N) is 4. The highest BCUT2D eigenvalue weighted by Gasteiger charge is 2.16. The van der Waals surface area contributed by atoms with Crippen molar-refractivity contribution in [3.8, 4) is 0 Å². The van der Waals surface area contributed by atoms with Crippen LogP contribution in [0.4, 0.5) is 0 Å². The lowest BCUT2D eigenvalue weighted by Crippen LogP contribution is -2.37. The fourth-order valence-corrected chi connectivity index (χ4v) is 3.49. The third kappa shape index (κ3) is 6.48. The van der Waals surface area contributed by atoms with Gasteiger partial charge in [-0.25, -0.2) is 0 Å². The number of nitrogens with one attached hydrogen (secondary N) is 2. The van der Waals surface area contributed by atoms with Crippen molar-refractivity contribution in [3.05, 3.63) is 53.3 Å².